The lowest BCUT2D eigenvalue weighted by Crippen LogP contribution is -2.45. The zero-order valence-electron chi connectivity index (χ0n) is 11.0. The summed E-state index contributed by atoms with van der Waals surface area (Å²) in [4.78, 5) is 17.1. The van der Waals surface area contributed by atoms with Crippen molar-refractivity contribution in [1.82, 2.24) is 4.98 Å². The Balaban J connectivity index is 2.56. The first-order valence-corrected chi connectivity index (χ1v) is 6.67. The summed E-state index contributed by atoms with van der Waals surface area (Å²) in [6.45, 7) is 5.56. The average Bonchev–Trinajstić information content (AvgIpc) is 2.27. The van der Waals surface area contributed by atoms with Crippen molar-refractivity contribution in [2.45, 2.75) is 26.3 Å². The fourth-order valence-corrected chi connectivity index (χ4v) is 2.34. The Bertz CT molecular complexity index is 635. The number of pyridine rings is 1. The molecule has 1 amide bonds. The van der Waals surface area contributed by atoms with Gasteiger partial charge >= 0.3 is 6.09 Å². The van der Waals surface area contributed by atoms with Crippen LogP contribution in [0.1, 0.15) is 20.8 Å². The molecule has 0 saturated heterocycles. The summed E-state index contributed by atoms with van der Waals surface area (Å²) in [6, 6.07) is 7.57. The number of amides is 1. The molecule has 0 aliphatic heterocycles. The molecule has 1 N–H and O–H groups in total. The van der Waals surface area contributed by atoms with Crippen molar-refractivity contribution in [3.8, 4) is 0 Å². The van der Waals surface area contributed by atoms with E-state index in [-0.39, 0.29) is 0 Å². The van der Waals surface area contributed by atoms with Crippen molar-refractivity contribution >= 4 is 38.6 Å². The Morgan fingerprint density at radius 2 is 2.00 bits per heavy atom. The first-order valence-electron chi connectivity index (χ1n) is 5.87. The zero-order valence-corrected chi connectivity index (χ0v) is 12.6. The van der Waals surface area contributed by atoms with Gasteiger partial charge in [0.05, 0.1) is 17.4 Å². The van der Waals surface area contributed by atoms with Crippen molar-refractivity contribution in [2.75, 3.05) is 4.90 Å². The number of benzene rings is 1. The molecule has 5 heteroatoms. The van der Waals surface area contributed by atoms with E-state index in [4.69, 9.17) is 0 Å². The summed E-state index contributed by atoms with van der Waals surface area (Å²) in [5, 5.41) is 10.3. The number of halogens is 1. The van der Waals surface area contributed by atoms with E-state index in [1.807, 2.05) is 45.0 Å². The largest absolute Gasteiger partial charge is 0.465 e. The summed E-state index contributed by atoms with van der Waals surface area (Å²) in [7, 11) is 0. The van der Waals surface area contributed by atoms with E-state index in [1.54, 1.807) is 6.20 Å². The van der Waals surface area contributed by atoms with Crippen LogP contribution >= 0.6 is 15.9 Å². The third kappa shape index (κ3) is 2.87. The van der Waals surface area contributed by atoms with Crippen molar-refractivity contribution in [1.29, 1.82) is 0 Å². The van der Waals surface area contributed by atoms with Gasteiger partial charge < -0.3 is 5.11 Å². The molecule has 0 spiro atoms. The fraction of sp³-hybridized carbons (Fsp3) is 0.286. The van der Waals surface area contributed by atoms with E-state index in [0.29, 0.717) is 5.69 Å². The maximum Gasteiger partial charge on any atom is 0.412 e. The minimum Gasteiger partial charge on any atom is -0.465 e. The summed E-state index contributed by atoms with van der Waals surface area (Å²) in [6.07, 6.45) is 0.611. The number of hydrogen-bond donors (Lipinski definition) is 1. The van der Waals surface area contributed by atoms with Gasteiger partial charge in [0.25, 0.3) is 0 Å². The van der Waals surface area contributed by atoms with Gasteiger partial charge in [-0.1, -0.05) is 22.0 Å². The first-order chi connectivity index (χ1) is 8.79. The van der Waals surface area contributed by atoms with Crippen molar-refractivity contribution < 1.29 is 9.90 Å². The second-order valence-corrected chi connectivity index (χ2v) is 6.24. The predicted molar refractivity (Wildman–Crippen MR) is 79.7 cm³/mol. The quantitative estimate of drug-likeness (QED) is 0.852. The highest BCUT2D eigenvalue weighted by Gasteiger charge is 2.28. The zero-order chi connectivity index (χ0) is 14.2. The van der Waals surface area contributed by atoms with Gasteiger partial charge in [0.1, 0.15) is 0 Å². The Labute approximate surface area is 120 Å². The van der Waals surface area contributed by atoms with Gasteiger partial charge in [0.2, 0.25) is 0 Å². The third-order valence-electron chi connectivity index (χ3n) is 2.75. The number of hydrogen-bond acceptors (Lipinski definition) is 2. The molecule has 100 valence electrons. The van der Waals surface area contributed by atoms with Gasteiger partial charge in [0, 0.05) is 15.4 Å². The fourth-order valence-electron chi connectivity index (χ4n) is 1.99. The van der Waals surface area contributed by atoms with Crippen LogP contribution in [0.3, 0.4) is 0 Å². The smallest absolute Gasteiger partial charge is 0.412 e. The number of carbonyl (C=O) groups is 1. The SMILES string of the molecule is CC(C)(C)N(C(=O)O)c1cnc2cc(Br)ccc2c1. The van der Waals surface area contributed by atoms with Gasteiger partial charge in [-0.15, -0.1) is 0 Å². The van der Waals surface area contributed by atoms with Crippen LogP contribution < -0.4 is 4.90 Å². The molecule has 1 aromatic heterocycles. The van der Waals surface area contributed by atoms with Crippen LogP contribution in [0, 0.1) is 0 Å². The van der Waals surface area contributed by atoms with Gasteiger partial charge in [-0.2, -0.15) is 0 Å². The maximum atomic E-state index is 11.4. The van der Waals surface area contributed by atoms with Crippen molar-refractivity contribution in [3.05, 3.63) is 34.9 Å². The van der Waals surface area contributed by atoms with Gasteiger partial charge in [-0.05, 0) is 39.0 Å². The van der Waals surface area contributed by atoms with Crippen LogP contribution in [0.15, 0.2) is 34.9 Å². The highest BCUT2D eigenvalue weighted by molar-refractivity contribution is 9.10. The standard InChI is InChI=1S/C14H15BrN2O2/c1-14(2,3)17(13(18)19)11-6-9-4-5-10(15)7-12(9)16-8-11/h4-8H,1-3H3,(H,18,19). The minimum absolute atomic E-state index is 0.517. The molecule has 0 bridgehead atoms. The lowest BCUT2D eigenvalue weighted by Gasteiger charge is -2.32. The predicted octanol–water partition coefficient (Wildman–Crippen LogP) is 4.28. The van der Waals surface area contributed by atoms with E-state index < -0.39 is 11.6 Å². The molecule has 0 fully saturated rings. The lowest BCUT2D eigenvalue weighted by molar-refractivity contribution is 0.195. The Morgan fingerprint density at radius 1 is 1.32 bits per heavy atom. The van der Waals surface area contributed by atoms with Crippen LogP contribution in [0.2, 0.25) is 0 Å². The molecule has 4 nitrogen and oxygen atoms in total. The average molecular weight is 323 g/mol. The molecular weight excluding hydrogens is 308 g/mol. The number of fused-ring (bicyclic) bond motifs is 1. The van der Waals surface area contributed by atoms with E-state index in [1.165, 1.54) is 4.90 Å². The normalized spacial score (nSPS) is 11.6. The van der Waals surface area contributed by atoms with Gasteiger partial charge in [-0.25, -0.2) is 4.79 Å². The molecular formula is C14H15BrN2O2. The second kappa shape index (κ2) is 4.81. The lowest BCUT2D eigenvalue weighted by atomic mass is 10.1. The summed E-state index contributed by atoms with van der Waals surface area (Å²) >= 11 is 3.39. The molecule has 0 radical (unpaired) electrons. The Hall–Kier alpha value is -1.62. The van der Waals surface area contributed by atoms with E-state index in [2.05, 4.69) is 20.9 Å². The summed E-state index contributed by atoms with van der Waals surface area (Å²) in [5.74, 6) is 0. The van der Waals surface area contributed by atoms with Crippen LogP contribution in [-0.4, -0.2) is 21.7 Å². The summed E-state index contributed by atoms with van der Waals surface area (Å²) in [5.41, 5.74) is 0.892. The van der Waals surface area contributed by atoms with E-state index in [9.17, 15) is 9.90 Å². The molecule has 1 aromatic carbocycles. The number of aromatic nitrogens is 1. The molecule has 2 aromatic rings. The molecule has 19 heavy (non-hydrogen) atoms. The number of carboxylic acid groups (broad SMARTS) is 1. The number of anilines is 1. The topological polar surface area (TPSA) is 53.4 Å². The van der Waals surface area contributed by atoms with Crippen LogP contribution in [0.4, 0.5) is 10.5 Å². The van der Waals surface area contributed by atoms with Crippen LogP contribution in [0.25, 0.3) is 10.9 Å². The highest BCUT2D eigenvalue weighted by Crippen LogP contribution is 2.27. The van der Waals surface area contributed by atoms with E-state index in [0.717, 1.165) is 15.4 Å². The minimum atomic E-state index is -0.981. The Morgan fingerprint density at radius 3 is 2.58 bits per heavy atom. The molecule has 2 rings (SSSR count). The molecule has 0 aliphatic carbocycles. The Kier molecular flexibility index (Phi) is 3.49. The maximum absolute atomic E-state index is 11.4. The van der Waals surface area contributed by atoms with Crippen LogP contribution in [-0.2, 0) is 0 Å². The van der Waals surface area contributed by atoms with Crippen molar-refractivity contribution in [2.24, 2.45) is 0 Å². The molecule has 1 heterocycles. The molecule has 0 saturated carbocycles. The van der Waals surface area contributed by atoms with Gasteiger partial charge in [-0.3, -0.25) is 9.88 Å². The van der Waals surface area contributed by atoms with Crippen LogP contribution in [0.5, 0.6) is 0 Å². The third-order valence-corrected chi connectivity index (χ3v) is 3.25. The molecule has 0 unspecified atom stereocenters. The van der Waals surface area contributed by atoms with Gasteiger partial charge in [0.15, 0.2) is 0 Å². The van der Waals surface area contributed by atoms with Crippen molar-refractivity contribution in [3.63, 3.8) is 0 Å². The summed E-state index contributed by atoms with van der Waals surface area (Å²) < 4.78 is 0.950. The number of nitrogens with zero attached hydrogens (tertiary/aromatic N) is 2. The molecule has 0 atom stereocenters. The first kappa shape index (κ1) is 13.8. The van der Waals surface area contributed by atoms with E-state index >= 15 is 0 Å². The monoisotopic (exact) mass is 322 g/mol. The molecule has 0 aliphatic rings. The highest BCUT2D eigenvalue weighted by atomic mass is 79.9. The number of rotatable bonds is 1. The second-order valence-electron chi connectivity index (χ2n) is 5.32.